The van der Waals surface area contributed by atoms with Gasteiger partial charge >= 0.3 is 0 Å². The number of halogens is 1. The van der Waals surface area contributed by atoms with E-state index in [0.717, 1.165) is 31.4 Å². The molecule has 1 N–H and O–H groups in total. The van der Waals surface area contributed by atoms with E-state index in [1.807, 2.05) is 29.2 Å². The monoisotopic (exact) mass is 310 g/mol. The smallest absolute Gasteiger partial charge is 0.238 e. The highest BCUT2D eigenvalue weighted by molar-refractivity contribution is 6.30. The van der Waals surface area contributed by atoms with Crippen LogP contribution in [0.4, 0.5) is 0 Å². The largest absolute Gasteiger partial charge is 0.381 e. The van der Waals surface area contributed by atoms with Crippen LogP contribution in [0.15, 0.2) is 24.3 Å². The van der Waals surface area contributed by atoms with E-state index in [4.69, 9.17) is 16.3 Å². The van der Waals surface area contributed by atoms with Crippen LogP contribution < -0.4 is 5.32 Å². The third kappa shape index (κ3) is 4.70. The number of nitrogens with one attached hydrogen (secondary N) is 1. The summed E-state index contributed by atoms with van der Waals surface area (Å²) >= 11 is 5.91. The Morgan fingerprint density at radius 1 is 1.29 bits per heavy atom. The van der Waals surface area contributed by atoms with E-state index in [0.29, 0.717) is 24.7 Å². The van der Waals surface area contributed by atoms with Crippen LogP contribution in [0.25, 0.3) is 0 Å². The normalized spacial score (nSPS) is 18.5. The van der Waals surface area contributed by atoms with Crippen molar-refractivity contribution in [3.05, 3.63) is 34.9 Å². The zero-order valence-corrected chi connectivity index (χ0v) is 13.2. The van der Waals surface area contributed by atoms with Gasteiger partial charge in [0.1, 0.15) is 6.17 Å². The average Bonchev–Trinajstić information content (AvgIpc) is 2.85. The summed E-state index contributed by atoms with van der Waals surface area (Å²) < 4.78 is 5.55. The number of hydrogen-bond donors (Lipinski definition) is 1. The predicted octanol–water partition coefficient (Wildman–Crippen LogP) is 2.98. The van der Waals surface area contributed by atoms with Crippen molar-refractivity contribution in [1.29, 1.82) is 0 Å². The molecule has 1 amide bonds. The minimum Gasteiger partial charge on any atom is -0.381 e. The second-order valence-electron chi connectivity index (χ2n) is 5.24. The Kier molecular flexibility index (Phi) is 6.49. The summed E-state index contributed by atoms with van der Waals surface area (Å²) in [4.78, 5) is 13.9. The van der Waals surface area contributed by atoms with E-state index in [9.17, 15) is 4.79 Å². The second-order valence-corrected chi connectivity index (χ2v) is 5.68. The Balaban J connectivity index is 1.84. The summed E-state index contributed by atoms with van der Waals surface area (Å²) in [5.74, 6) is 0.142. The number of ether oxygens (including phenoxy) is 1. The highest BCUT2D eigenvalue weighted by atomic mass is 35.5. The predicted molar refractivity (Wildman–Crippen MR) is 84.3 cm³/mol. The van der Waals surface area contributed by atoms with Gasteiger partial charge in [0, 0.05) is 24.8 Å². The molecule has 0 radical (unpaired) electrons. The lowest BCUT2D eigenvalue weighted by Crippen LogP contribution is -2.31. The van der Waals surface area contributed by atoms with Gasteiger partial charge in [-0.1, -0.05) is 37.1 Å². The van der Waals surface area contributed by atoms with Crippen molar-refractivity contribution in [2.45, 2.75) is 32.4 Å². The Morgan fingerprint density at radius 2 is 2.00 bits per heavy atom. The van der Waals surface area contributed by atoms with Crippen LogP contribution in [0.5, 0.6) is 0 Å². The van der Waals surface area contributed by atoms with Crippen LogP contribution in [-0.2, 0) is 9.53 Å². The summed E-state index contributed by atoms with van der Waals surface area (Å²) in [5.41, 5.74) is 1.07. The van der Waals surface area contributed by atoms with Crippen molar-refractivity contribution < 1.29 is 9.53 Å². The van der Waals surface area contributed by atoms with Gasteiger partial charge in [-0.25, -0.2) is 0 Å². The Hall–Kier alpha value is -1.10. The molecule has 21 heavy (non-hydrogen) atoms. The van der Waals surface area contributed by atoms with Crippen molar-refractivity contribution in [2.75, 3.05) is 26.3 Å². The number of amides is 1. The number of unbranched alkanes of at least 4 members (excludes halogenated alkanes) is 1. The number of benzene rings is 1. The quantitative estimate of drug-likeness (QED) is 0.751. The van der Waals surface area contributed by atoms with Gasteiger partial charge in [-0.15, -0.1) is 0 Å². The van der Waals surface area contributed by atoms with Gasteiger partial charge in [0.05, 0.1) is 6.54 Å². The first-order valence-electron chi connectivity index (χ1n) is 7.58. The van der Waals surface area contributed by atoms with Crippen LogP contribution in [0, 0.1) is 0 Å². The zero-order valence-electron chi connectivity index (χ0n) is 12.5. The van der Waals surface area contributed by atoms with Crippen molar-refractivity contribution in [2.24, 2.45) is 0 Å². The van der Waals surface area contributed by atoms with E-state index in [1.165, 1.54) is 0 Å². The van der Waals surface area contributed by atoms with E-state index in [-0.39, 0.29) is 12.1 Å². The lowest BCUT2D eigenvalue weighted by Gasteiger charge is -2.24. The molecule has 0 spiro atoms. The molecule has 2 rings (SSSR count). The van der Waals surface area contributed by atoms with E-state index in [2.05, 4.69) is 12.2 Å². The standard InChI is InChI=1S/C16H23ClN2O2/c1-2-3-10-21-11-4-9-19-15(20)12-18-16(19)13-5-7-14(17)8-6-13/h5-8,16,18H,2-4,9-12H2,1H3. The van der Waals surface area contributed by atoms with Gasteiger partial charge in [0.25, 0.3) is 0 Å². The van der Waals surface area contributed by atoms with Crippen LogP contribution in [0.1, 0.15) is 37.9 Å². The molecular formula is C16H23ClN2O2. The molecule has 5 heteroatoms. The topological polar surface area (TPSA) is 41.6 Å². The van der Waals surface area contributed by atoms with Crippen molar-refractivity contribution in [3.63, 3.8) is 0 Å². The summed E-state index contributed by atoms with van der Waals surface area (Å²) in [6.07, 6.45) is 3.05. The molecule has 0 bridgehead atoms. The first-order valence-corrected chi connectivity index (χ1v) is 7.96. The van der Waals surface area contributed by atoms with E-state index < -0.39 is 0 Å². The third-order valence-corrected chi connectivity index (χ3v) is 3.85. The van der Waals surface area contributed by atoms with Crippen LogP contribution in [0.2, 0.25) is 5.02 Å². The Morgan fingerprint density at radius 3 is 2.71 bits per heavy atom. The molecule has 1 aliphatic rings. The van der Waals surface area contributed by atoms with Gasteiger partial charge < -0.3 is 9.64 Å². The summed E-state index contributed by atoms with van der Waals surface area (Å²) in [6.45, 7) is 4.77. The summed E-state index contributed by atoms with van der Waals surface area (Å²) in [5, 5.41) is 3.95. The molecule has 1 heterocycles. The van der Waals surface area contributed by atoms with Crippen molar-refractivity contribution in [3.8, 4) is 0 Å². The molecule has 0 aliphatic carbocycles. The van der Waals surface area contributed by atoms with Crippen LogP contribution >= 0.6 is 11.6 Å². The fourth-order valence-electron chi connectivity index (χ4n) is 2.42. The molecule has 1 unspecified atom stereocenters. The minimum absolute atomic E-state index is 0.0505. The molecule has 1 saturated heterocycles. The van der Waals surface area contributed by atoms with Crippen LogP contribution in [0.3, 0.4) is 0 Å². The van der Waals surface area contributed by atoms with Crippen molar-refractivity contribution >= 4 is 17.5 Å². The summed E-state index contributed by atoms with van der Waals surface area (Å²) in [6, 6.07) is 7.63. The maximum absolute atomic E-state index is 12.0. The molecule has 116 valence electrons. The molecule has 1 aromatic rings. The SMILES string of the molecule is CCCCOCCCN1C(=O)CNC1c1ccc(Cl)cc1. The lowest BCUT2D eigenvalue weighted by atomic mass is 10.1. The number of rotatable bonds is 8. The Labute approximate surface area is 131 Å². The van der Waals surface area contributed by atoms with Gasteiger partial charge in [-0.05, 0) is 30.5 Å². The second kappa shape index (κ2) is 8.37. The maximum Gasteiger partial charge on any atom is 0.238 e. The first kappa shape index (κ1) is 16.3. The third-order valence-electron chi connectivity index (χ3n) is 3.59. The van der Waals surface area contributed by atoms with Crippen molar-refractivity contribution in [1.82, 2.24) is 10.2 Å². The molecule has 1 aliphatic heterocycles. The molecule has 1 atom stereocenters. The average molecular weight is 311 g/mol. The van der Waals surface area contributed by atoms with E-state index >= 15 is 0 Å². The first-order chi connectivity index (χ1) is 10.2. The van der Waals surface area contributed by atoms with Gasteiger partial charge in [0.2, 0.25) is 5.91 Å². The molecule has 4 nitrogen and oxygen atoms in total. The number of nitrogens with zero attached hydrogens (tertiary/aromatic N) is 1. The van der Waals surface area contributed by atoms with E-state index in [1.54, 1.807) is 0 Å². The molecular weight excluding hydrogens is 288 g/mol. The molecule has 1 fully saturated rings. The zero-order chi connectivity index (χ0) is 15.1. The molecule has 1 aromatic carbocycles. The molecule has 0 aromatic heterocycles. The fourth-order valence-corrected chi connectivity index (χ4v) is 2.55. The van der Waals surface area contributed by atoms with Gasteiger partial charge in [-0.2, -0.15) is 0 Å². The number of hydrogen-bond acceptors (Lipinski definition) is 3. The van der Waals surface area contributed by atoms with Gasteiger partial charge in [-0.3, -0.25) is 10.1 Å². The number of carbonyl (C=O) groups is 1. The maximum atomic E-state index is 12.0. The Bertz CT molecular complexity index is 450. The van der Waals surface area contributed by atoms with Gasteiger partial charge in [0.15, 0.2) is 0 Å². The number of carbonyl (C=O) groups excluding carboxylic acids is 1. The highest BCUT2D eigenvalue weighted by Gasteiger charge is 2.30. The van der Waals surface area contributed by atoms with Crippen LogP contribution in [-0.4, -0.2) is 37.1 Å². The minimum atomic E-state index is -0.0505. The fraction of sp³-hybridized carbons (Fsp3) is 0.562. The lowest BCUT2D eigenvalue weighted by molar-refractivity contribution is -0.128. The summed E-state index contributed by atoms with van der Waals surface area (Å²) in [7, 11) is 0. The highest BCUT2D eigenvalue weighted by Crippen LogP contribution is 2.23. The molecule has 0 saturated carbocycles.